The number of hydrogen-bond donors (Lipinski definition) is 1. The second kappa shape index (κ2) is 3.41. The van der Waals surface area contributed by atoms with Gasteiger partial charge in [-0.15, -0.1) is 0 Å². The Morgan fingerprint density at radius 1 is 1.73 bits per heavy atom. The Hall–Kier alpha value is -1.23. The smallest absolute Gasteiger partial charge is 0.192 e. The molecule has 2 atom stereocenters. The van der Waals surface area contributed by atoms with E-state index in [1.807, 2.05) is 6.92 Å². The molecule has 2 unspecified atom stereocenters. The summed E-state index contributed by atoms with van der Waals surface area (Å²) in [6, 6.07) is -0.0491. The topological polar surface area (TPSA) is 73.8 Å². The van der Waals surface area contributed by atoms with Crippen LogP contribution in [0.1, 0.15) is 36.7 Å². The highest BCUT2D eigenvalue weighted by molar-refractivity contribution is 5.99. The summed E-state index contributed by atoms with van der Waals surface area (Å²) in [5.74, 6) is 0.0283. The SMILES string of the molecule is Cn1ncc(C(=O)C2(C)CCCC2N)n1. The third kappa shape index (κ3) is 1.56. The summed E-state index contributed by atoms with van der Waals surface area (Å²) in [6.07, 6.45) is 4.30. The van der Waals surface area contributed by atoms with Gasteiger partial charge in [0.25, 0.3) is 0 Å². The Labute approximate surface area is 88.6 Å². The molecule has 1 aliphatic carbocycles. The van der Waals surface area contributed by atoms with Crippen molar-refractivity contribution < 1.29 is 4.79 Å². The average molecular weight is 208 g/mol. The van der Waals surface area contributed by atoms with E-state index in [1.165, 1.54) is 11.0 Å². The maximum atomic E-state index is 12.2. The van der Waals surface area contributed by atoms with Gasteiger partial charge in [-0.1, -0.05) is 13.3 Å². The summed E-state index contributed by atoms with van der Waals surface area (Å²) in [7, 11) is 1.70. The zero-order chi connectivity index (χ0) is 11.1. The van der Waals surface area contributed by atoms with E-state index in [0.29, 0.717) is 5.69 Å². The van der Waals surface area contributed by atoms with E-state index in [1.54, 1.807) is 7.05 Å². The number of carbonyl (C=O) groups is 1. The predicted molar refractivity (Wildman–Crippen MR) is 55.3 cm³/mol. The molecule has 0 aliphatic heterocycles. The van der Waals surface area contributed by atoms with Gasteiger partial charge in [-0.3, -0.25) is 4.79 Å². The molecule has 82 valence electrons. The van der Waals surface area contributed by atoms with E-state index in [4.69, 9.17) is 5.73 Å². The first-order valence-corrected chi connectivity index (χ1v) is 5.21. The van der Waals surface area contributed by atoms with E-state index in [-0.39, 0.29) is 11.8 Å². The van der Waals surface area contributed by atoms with Crippen LogP contribution in [0.3, 0.4) is 0 Å². The molecule has 5 heteroatoms. The fourth-order valence-electron chi connectivity index (χ4n) is 2.22. The predicted octanol–water partition coefficient (Wildman–Crippen LogP) is 0.515. The standard InChI is InChI=1S/C10H16N4O/c1-10(5-3-4-8(10)11)9(15)7-6-12-14(2)13-7/h6,8H,3-5,11H2,1-2H3. The number of aromatic nitrogens is 3. The van der Waals surface area contributed by atoms with Crippen LogP contribution in [0.15, 0.2) is 6.20 Å². The molecule has 5 nitrogen and oxygen atoms in total. The zero-order valence-electron chi connectivity index (χ0n) is 9.10. The molecule has 0 aromatic carbocycles. The Balaban J connectivity index is 2.28. The molecule has 0 spiro atoms. The minimum absolute atomic E-state index is 0.0283. The van der Waals surface area contributed by atoms with Crippen molar-refractivity contribution in [1.82, 2.24) is 15.0 Å². The van der Waals surface area contributed by atoms with Crippen molar-refractivity contribution in [1.29, 1.82) is 0 Å². The zero-order valence-corrected chi connectivity index (χ0v) is 9.10. The van der Waals surface area contributed by atoms with E-state index in [9.17, 15) is 4.79 Å². The maximum absolute atomic E-state index is 12.2. The fourth-order valence-corrected chi connectivity index (χ4v) is 2.22. The second-order valence-corrected chi connectivity index (χ2v) is 4.46. The molecule has 1 saturated carbocycles. The molecule has 2 N–H and O–H groups in total. The lowest BCUT2D eigenvalue weighted by Crippen LogP contribution is -2.41. The lowest BCUT2D eigenvalue weighted by Gasteiger charge is -2.25. The van der Waals surface area contributed by atoms with Gasteiger partial charge in [0.15, 0.2) is 5.78 Å². The highest BCUT2D eigenvalue weighted by Crippen LogP contribution is 2.38. The number of rotatable bonds is 2. The van der Waals surface area contributed by atoms with Crippen molar-refractivity contribution in [3.05, 3.63) is 11.9 Å². The Morgan fingerprint density at radius 3 is 2.93 bits per heavy atom. The minimum Gasteiger partial charge on any atom is -0.327 e. The van der Waals surface area contributed by atoms with Gasteiger partial charge in [0, 0.05) is 18.5 Å². The summed E-state index contributed by atoms with van der Waals surface area (Å²) >= 11 is 0. The highest BCUT2D eigenvalue weighted by atomic mass is 16.1. The maximum Gasteiger partial charge on any atom is 0.192 e. The van der Waals surface area contributed by atoms with Crippen LogP contribution < -0.4 is 5.73 Å². The van der Waals surface area contributed by atoms with Gasteiger partial charge in [0.2, 0.25) is 0 Å². The molecule has 1 aliphatic rings. The van der Waals surface area contributed by atoms with Crippen LogP contribution in [0, 0.1) is 5.41 Å². The second-order valence-electron chi connectivity index (χ2n) is 4.46. The first kappa shape index (κ1) is 10.3. The van der Waals surface area contributed by atoms with E-state index in [0.717, 1.165) is 19.3 Å². The summed E-state index contributed by atoms with van der Waals surface area (Å²) < 4.78 is 0. The van der Waals surface area contributed by atoms with Crippen LogP contribution in [0.4, 0.5) is 0 Å². The molecule has 1 fully saturated rings. The number of carbonyl (C=O) groups excluding carboxylic acids is 1. The van der Waals surface area contributed by atoms with Crippen molar-refractivity contribution in [3.63, 3.8) is 0 Å². The van der Waals surface area contributed by atoms with Crippen LogP contribution in [-0.4, -0.2) is 26.8 Å². The number of aryl methyl sites for hydroxylation is 1. The largest absolute Gasteiger partial charge is 0.327 e. The summed E-state index contributed by atoms with van der Waals surface area (Å²) in [5.41, 5.74) is 5.96. The number of ketones is 1. The third-order valence-corrected chi connectivity index (χ3v) is 3.38. The van der Waals surface area contributed by atoms with Crippen LogP contribution in [0.5, 0.6) is 0 Å². The van der Waals surface area contributed by atoms with Gasteiger partial charge in [0.1, 0.15) is 5.69 Å². The van der Waals surface area contributed by atoms with Gasteiger partial charge < -0.3 is 5.73 Å². The molecule has 0 radical (unpaired) electrons. The number of hydrogen-bond acceptors (Lipinski definition) is 4. The van der Waals surface area contributed by atoms with Gasteiger partial charge in [0.05, 0.1) is 6.20 Å². The number of nitrogens with zero attached hydrogens (tertiary/aromatic N) is 3. The van der Waals surface area contributed by atoms with Gasteiger partial charge >= 0.3 is 0 Å². The Kier molecular flexibility index (Phi) is 2.34. The normalized spacial score (nSPS) is 30.7. The summed E-state index contributed by atoms with van der Waals surface area (Å²) in [5, 5.41) is 7.94. The first-order chi connectivity index (χ1) is 7.04. The summed E-state index contributed by atoms with van der Waals surface area (Å²) in [6.45, 7) is 1.93. The van der Waals surface area contributed by atoms with Crippen LogP contribution in [0.25, 0.3) is 0 Å². The molecular weight excluding hydrogens is 192 g/mol. The Morgan fingerprint density at radius 2 is 2.47 bits per heavy atom. The lowest BCUT2D eigenvalue weighted by atomic mass is 9.79. The molecule has 0 bridgehead atoms. The van der Waals surface area contributed by atoms with Crippen molar-refractivity contribution in [2.45, 2.75) is 32.2 Å². The van der Waals surface area contributed by atoms with Gasteiger partial charge in [-0.05, 0) is 12.8 Å². The van der Waals surface area contributed by atoms with Crippen LogP contribution in [-0.2, 0) is 7.05 Å². The van der Waals surface area contributed by atoms with Crippen molar-refractivity contribution >= 4 is 5.78 Å². The fraction of sp³-hybridized carbons (Fsp3) is 0.700. The summed E-state index contributed by atoms with van der Waals surface area (Å²) in [4.78, 5) is 13.6. The molecular formula is C10H16N4O. The quantitative estimate of drug-likeness (QED) is 0.719. The van der Waals surface area contributed by atoms with E-state index in [2.05, 4.69) is 10.2 Å². The molecule has 0 saturated heterocycles. The van der Waals surface area contributed by atoms with E-state index >= 15 is 0 Å². The average Bonchev–Trinajstić information content (AvgIpc) is 2.75. The van der Waals surface area contributed by atoms with E-state index < -0.39 is 5.41 Å². The van der Waals surface area contributed by atoms with Crippen molar-refractivity contribution in [2.24, 2.45) is 18.2 Å². The van der Waals surface area contributed by atoms with Crippen molar-refractivity contribution in [2.75, 3.05) is 0 Å². The highest BCUT2D eigenvalue weighted by Gasteiger charge is 2.44. The monoisotopic (exact) mass is 208 g/mol. The number of nitrogens with two attached hydrogens (primary N) is 1. The van der Waals surface area contributed by atoms with Crippen LogP contribution >= 0.6 is 0 Å². The molecule has 1 heterocycles. The number of Topliss-reactive ketones (excluding diaryl/α,β-unsaturated/α-hetero) is 1. The molecule has 1 aromatic rings. The molecule has 0 amide bonds. The van der Waals surface area contributed by atoms with Crippen LogP contribution in [0.2, 0.25) is 0 Å². The molecule has 15 heavy (non-hydrogen) atoms. The third-order valence-electron chi connectivity index (χ3n) is 3.38. The lowest BCUT2D eigenvalue weighted by molar-refractivity contribution is 0.0796. The molecule has 2 rings (SSSR count). The van der Waals surface area contributed by atoms with Crippen molar-refractivity contribution in [3.8, 4) is 0 Å². The molecule has 1 aromatic heterocycles. The van der Waals surface area contributed by atoms with Gasteiger partial charge in [-0.2, -0.15) is 15.0 Å². The minimum atomic E-state index is -0.448. The first-order valence-electron chi connectivity index (χ1n) is 5.21. The Bertz CT molecular complexity index is 387. The van der Waals surface area contributed by atoms with Gasteiger partial charge in [-0.25, -0.2) is 0 Å².